The Morgan fingerprint density at radius 1 is 1.00 bits per heavy atom. The molecule has 0 amide bonds. The highest BCUT2D eigenvalue weighted by molar-refractivity contribution is 6.29. The van der Waals surface area contributed by atoms with Gasteiger partial charge in [-0.1, -0.05) is 67.1 Å². The lowest BCUT2D eigenvalue weighted by Crippen LogP contribution is -2.02. The van der Waals surface area contributed by atoms with Crippen LogP contribution in [0.2, 0.25) is 5.15 Å². The topological polar surface area (TPSA) is 37.8 Å². The van der Waals surface area contributed by atoms with E-state index in [1.807, 2.05) is 30.3 Å². The van der Waals surface area contributed by atoms with Crippen LogP contribution in [0, 0.1) is 6.92 Å². The van der Waals surface area contributed by atoms with Crippen LogP contribution in [0.5, 0.6) is 0 Å². The lowest BCUT2D eigenvalue weighted by atomic mass is 10.1. The van der Waals surface area contributed by atoms with E-state index in [2.05, 4.69) is 47.3 Å². The van der Waals surface area contributed by atoms with Crippen molar-refractivity contribution in [1.29, 1.82) is 0 Å². The number of rotatable bonds is 4. The molecular weight excluding hydrogens is 306 g/mol. The second kappa shape index (κ2) is 6.80. The van der Waals surface area contributed by atoms with E-state index in [1.165, 1.54) is 11.1 Å². The predicted octanol–water partition coefficient (Wildman–Crippen LogP) is 5.41. The normalized spacial score (nSPS) is 10.6. The van der Waals surface area contributed by atoms with E-state index in [1.54, 1.807) is 6.07 Å². The Morgan fingerprint density at radius 2 is 1.78 bits per heavy atom. The first-order valence-electron chi connectivity index (χ1n) is 7.63. The molecule has 0 saturated heterocycles. The summed E-state index contributed by atoms with van der Waals surface area (Å²) >= 11 is 6.19. The molecule has 0 bridgehead atoms. The number of benzene rings is 2. The number of halogens is 1. The van der Waals surface area contributed by atoms with E-state index in [9.17, 15) is 0 Å². The van der Waals surface area contributed by atoms with Gasteiger partial charge in [0.25, 0.3) is 0 Å². The maximum atomic E-state index is 6.19. The summed E-state index contributed by atoms with van der Waals surface area (Å²) in [4.78, 5) is 8.93. The Bertz CT molecular complexity index is 816. The summed E-state index contributed by atoms with van der Waals surface area (Å²) in [6.45, 7) is 4.23. The number of nitrogens with zero attached hydrogens (tertiary/aromatic N) is 2. The van der Waals surface area contributed by atoms with Crippen molar-refractivity contribution in [1.82, 2.24) is 9.97 Å². The van der Waals surface area contributed by atoms with Gasteiger partial charge in [0.05, 0.1) is 0 Å². The van der Waals surface area contributed by atoms with Gasteiger partial charge in [0.2, 0.25) is 0 Å². The highest BCUT2D eigenvalue weighted by Gasteiger charge is 2.09. The Labute approximate surface area is 141 Å². The number of aromatic nitrogens is 2. The average molecular weight is 324 g/mol. The standard InChI is InChI=1S/C19H18ClN3/c1-3-14-11-7-8-13(2)18(14)22-17-12-16(20)21-19(23-17)15-9-5-4-6-10-15/h4-12H,3H2,1-2H3,(H,21,22,23). The third kappa shape index (κ3) is 3.51. The monoisotopic (exact) mass is 323 g/mol. The number of para-hydroxylation sites is 1. The van der Waals surface area contributed by atoms with Crippen molar-refractivity contribution in [2.75, 3.05) is 5.32 Å². The zero-order chi connectivity index (χ0) is 16.2. The van der Waals surface area contributed by atoms with Gasteiger partial charge < -0.3 is 5.32 Å². The minimum Gasteiger partial charge on any atom is -0.340 e. The Balaban J connectivity index is 2.00. The molecule has 3 rings (SSSR count). The van der Waals surface area contributed by atoms with Crippen LogP contribution in [0.1, 0.15) is 18.1 Å². The van der Waals surface area contributed by atoms with E-state index in [0.29, 0.717) is 16.8 Å². The molecule has 0 unspecified atom stereocenters. The number of hydrogen-bond acceptors (Lipinski definition) is 3. The highest BCUT2D eigenvalue weighted by Crippen LogP contribution is 2.27. The van der Waals surface area contributed by atoms with Crippen LogP contribution >= 0.6 is 11.6 Å². The highest BCUT2D eigenvalue weighted by atomic mass is 35.5. The van der Waals surface area contributed by atoms with Crippen molar-refractivity contribution < 1.29 is 0 Å². The van der Waals surface area contributed by atoms with Crippen molar-refractivity contribution in [2.24, 2.45) is 0 Å². The summed E-state index contributed by atoms with van der Waals surface area (Å²) in [5.41, 5.74) is 4.46. The molecule has 0 fully saturated rings. The first-order valence-corrected chi connectivity index (χ1v) is 8.00. The molecule has 0 aliphatic heterocycles. The summed E-state index contributed by atoms with van der Waals surface area (Å²) in [6, 6.07) is 17.9. The summed E-state index contributed by atoms with van der Waals surface area (Å²) in [5.74, 6) is 1.32. The number of nitrogens with one attached hydrogen (secondary N) is 1. The Hall–Kier alpha value is -2.39. The molecule has 0 saturated carbocycles. The van der Waals surface area contributed by atoms with Crippen molar-refractivity contribution in [3.8, 4) is 11.4 Å². The van der Waals surface area contributed by atoms with Gasteiger partial charge in [0.1, 0.15) is 11.0 Å². The Morgan fingerprint density at radius 3 is 2.52 bits per heavy atom. The second-order valence-corrected chi connectivity index (χ2v) is 5.74. The summed E-state index contributed by atoms with van der Waals surface area (Å²) in [7, 11) is 0. The van der Waals surface area contributed by atoms with Crippen LogP contribution in [0.4, 0.5) is 11.5 Å². The van der Waals surface area contributed by atoms with Gasteiger partial charge in [-0.3, -0.25) is 0 Å². The average Bonchev–Trinajstić information content (AvgIpc) is 2.57. The zero-order valence-corrected chi connectivity index (χ0v) is 13.9. The fourth-order valence-corrected chi connectivity index (χ4v) is 2.71. The minimum atomic E-state index is 0.424. The summed E-state index contributed by atoms with van der Waals surface area (Å²) in [6.07, 6.45) is 0.953. The molecule has 3 aromatic rings. The lowest BCUT2D eigenvalue weighted by Gasteiger charge is -2.14. The van der Waals surface area contributed by atoms with Crippen molar-refractivity contribution in [3.63, 3.8) is 0 Å². The molecule has 1 heterocycles. The number of aryl methyl sites for hydroxylation is 2. The predicted molar refractivity (Wildman–Crippen MR) is 96.3 cm³/mol. The quantitative estimate of drug-likeness (QED) is 0.652. The van der Waals surface area contributed by atoms with Crippen LogP contribution in [0.3, 0.4) is 0 Å². The fourth-order valence-electron chi connectivity index (χ4n) is 2.53. The van der Waals surface area contributed by atoms with E-state index in [4.69, 9.17) is 11.6 Å². The van der Waals surface area contributed by atoms with Gasteiger partial charge >= 0.3 is 0 Å². The lowest BCUT2D eigenvalue weighted by molar-refractivity contribution is 1.12. The zero-order valence-electron chi connectivity index (χ0n) is 13.2. The Kier molecular flexibility index (Phi) is 4.58. The molecule has 4 heteroatoms. The number of hydrogen-bond donors (Lipinski definition) is 1. The van der Waals surface area contributed by atoms with E-state index < -0.39 is 0 Å². The van der Waals surface area contributed by atoms with Gasteiger partial charge in [0.15, 0.2) is 5.82 Å². The maximum Gasteiger partial charge on any atom is 0.163 e. The molecule has 0 spiro atoms. The van der Waals surface area contributed by atoms with Crippen LogP contribution in [-0.2, 0) is 6.42 Å². The van der Waals surface area contributed by atoms with Gasteiger partial charge in [-0.05, 0) is 24.5 Å². The van der Waals surface area contributed by atoms with Gasteiger partial charge in [-0.15, -0.1) is 0 Å². The summed E-state index contributed by atoms with van der Waals surface area (Å²) < 4.78 is 0. The molecule has 0 radical (unpaired) electrons. The molecule has 0 atom stereocenters. The van der Waals surface area contributed by atoms with E-state index in [-0.39, 0.29) is 0 Å². The van der Waals surface area contributed by atoms with E-state index in [0.717, 1.165) is 17.7 Å². The molecule has 116 valence electrons. The van der Waals surface area contributed by atoms with Gasteiger partial charge in [0, 0.05) is 17.3 Å². The van der Waals surface area contributed by atoms with Gasteiger partial charge in [-0.2, -0.15) is 0 Å². The molecule has 0 aliphatic carbocycles. The smallest absolute Gasteiger partial charge is 0.163 e. The molecule has 23 heavy (non-hydrogen) atoms. The third-order valence-corrected chi connectivity index (χ3v) is 3.91. The van der Waals surface area contributed by atoms with Gasteiger partial charge in [-0.25, -0.2) is 9.97 Å². The molecule has 1 N–H and O–H groups in total. The van der Waals surface area contributed by atoms with E-state index >= 15 is 0 Å². The molecular formula is C19H18ClN3. The number of anilines is 2. The first kappa shape index (κ1) is 15.5. The van der Waals surface area contributed by atoms with Crippen LogP contribution < -0.4 is 5.32 Å². The molecule has 3 nitrogen and oxygen atoms in total. The maximum absolute atomic E-state index is 6.19. The fraction of sp³-hybridized carbons (Fsp3) is 0.158. The van der Waals surface area contributed by atoms with Crippen molar-refractivity contribution in [2.45, 2.75) is 20.3 Å². The van der Waals surface area contributed by atoms with Crippen LogP contribution in [0.25, 0.3) is 11.4 Å². The minimum absolute atomic E-state index is 0.424. The first-order chi connectivity index (χ1) is 11.2. The summed E-state index contributed by atoms with van der Waals surface area (Å²) in [5, 5.41) is 3.83. The molecule has 0 aliphatic rings. The molecule has 2 aromatic carbocycles. The largest absolute Gasteiger partial charge is 0.340 e. The van der Waals surface area contributed by atoms with Crippen LogP contribution in [-0.4, -0.2) is 9.97 Å². The van der Waals surface area contributed by atoms with Crippen molar-refractivity contribution >= 4 is 23.1 Å². The van der Waals surface area contributed by atoms with Crippen LogP contribution in [0.15, 0.2) is 54.6 Å². The molecule has 1 aromatic heterocycles. The SMILES string of the molecule is CCc1cccc(C)c1Nc1cc(Cl)nc(-c2ccccc2)n1. The third-order valence-electron chi connectivity index (χ3n) is 3.72. The van der Waals surface area contributed by atoms with Crippen molar-refractivity contribution in [3.05, 3.63) is 70.9 Å². The second-order valence-electron chi connectivity index (χ2n) is 5.35.